The number of nitrogens with zero attached hydrogens (tertiary/aromatic N) is 1. The second-order valence-electron chi connectivity index (χ2n) is 4.39. The zero-order valence-electron chi connectivity index (χ0n) is 9.43. The lowest BCUT2D eigenvalue weighted by atomic mass is 10.2. The van der Waals surface area contributed by atoms with Crippen molar-refractivity contribution in [3.05, 3.63) is 0 Å². The molecule has 0 rings (SSSR count). The van der Waals surface area contributed by atoms with E-state index < -0.39 is 30.4 Å². The molecule has 7 nitrogen and oxygen atoms in total. The van der Waals surface area contributed by atoms with Crippen molar-refractivity contribution in [1.29, 1.82) is 0 Å². The van der Waals surface area contributed by atoms with Gasteiger partial charge < -0.3 is 24.2 Å². The molecule has 0 radical (unpaired) electrons. The molecule has 0 bridgehead atoms. The second-order valence-corrected chi connectivity index (χ2v) is 4.39. The van der Waals surface area contributed by atoms with Crippen LogP contribution >= 0.6 is 0 Å². The first-order valence-electron chi connectivity index (χ1n) is 4.56. The van der Waals surface area contributed by atoms with Crippen LogP contribution in [-0.4, -0.2) is 61.3 Å². The predicted molar refractivity (Wildman–Crippen MR) is 50.0 cm³/mol. The molecule has 0 aromatic rings. The average molecular weight is 233 g/mol. The fraction of sp³-hybridized carbons (Fsp3) is 0.667. The zero-order chi connectivity index (χ0) is 12.9. The number of carboxylic acid groups (broad SMARTS) is 2. The zero-order valence-corrected chi connectivity index (χ0v) is 9.43. The molecule has 0 aliphatic rings. The van der Waals surface area contributed by atoms with Gasteiger partial charge >= 0.3 is 11.9 Å². The van der Waals surface area contributed by atoms with Gasteiger partial charge in [-0.15, -0.1) is 0 Å². The minimum absolute atomic E-state index is 0.200. The van der Waals surface area contributed by atoms with Crippen molar-refractivity contribution in [3.8, 4) is 0 Å². The minimum Gasteiger partial charge on any atom is -0.539 e. The van der Waals surface area contributed by atoms with E-state index in [1.54, 1.807) is 21.1 Å². The Morgan fingerprint density at radius 1 is 1.31 bits per heavy atom. The summed E-state index contributed by atoms with van der Waals surface area (Å²) in [5.74, 6) is -4.68. The first-order chi connectivity index (χ1) is 7.11. The third-order valence-corrected chi connectivity index (χ3v) is 1.59. The maximum absolute atomic E-state index is 10.7. The van der Waals surface area contributed by atoms with Gasteiger partial charge in [-0.2, -0.15) is 0 Å². The Balaban J connectivity index is 4.49. The number of carbonyl (C=O) groups is 3. The van der Waals surface area contributed by atoms with Crippen LogP contribution in [-0.2, 0) is 19.1 Å². The minimum atomic E-state index is -1.98. The van der Waals surface area contributed by atoms with Crippen molar-refractivity contribution in [2.75, 3.05) is 27.7 Å². The van der Waals surface area contributed by atoms with Gasteiger partial charge in [0.2, 0.25) is 0 Å². The van der Waals surface area contributed by atoms with Gasteiger partial charge in [0.15, 0.2) is 12.1 Å². The number of aliphatic carboxylic acids is 2. The van der Waals surface area contributed by atoms with Crippen LogP contribution in [0.1, 0.15) is 6.42 Å². The van der Waals surface area contributed by atoms with Gasteiger partial charge in [0.1, 0.15) is 6.54 Å². The van der Waals surface area contributed by atoms with E-state index in [9.17, 15) is 19.5 Å². The Labute approximate surface area is 92.8 Å². The highest BCUT2D eigenvalue weighted by Gasteiger charge is 2.24. The quantitative estimate of drug-likeness (QED) is 0.329. The van der Waals surface area contributed by atoms with Gasteiger partial charge in [-0.05, 0) is 0 Å². The van der Waals surface area contributed by atoms with Crippen LogP contribution in [0.25, 0.3) is 0 Å². The Kier molecular flexibility index (Phi) is 4.90. The number of hydrogen-bond acceptors (Lipinski definition) is 5. The monoisotopic (exact) mass is 233 g/mol. The van der Waals surface area contributed by atoms with Crippen LogP contribution in [0.15, 0.2) is 0 Å². The molecule has 0 aliphatic heterocycles. The van der Waals surface area contributed by atoms with Crippen molar-refractivity contribution < 1.29 is 33.8 Å². The van der Waals surface area contributed by atoms with Crippen molar-refractivity contribution in [1.82, 2.24) is 0 Å². The summed E-state index contributed by atoms with van der Waals surface area (Å²) < 4.78 is 4.85. The molecule has 92 valence electrons. The summed E-state index contributed by atoms with van der Waals surface area (Å²) >= 11 is 0. The molecular weight excluding hydrogens is 218 g/mol. The van der Waals surface area contributed by atoms with E-state index in [0.29, 0.717) is 4.48 Å². The van der Waals surface area contributed by atoms with Crippen LogP contribution < -0.4 is 5.11 Å². The highest BCUT2D eigenvalue weighted by atomic mass is 16.6. The molecule has 7 heteroatoms. The molecule has 0 fully saturated rings. The van der Waals surface area contributed by atoms with Gasteiger partial charge in [-0.3, -0.25) is 4.79 Å². The van der Waals surface area contributed by atoms with Crippen LogP contribution in [0.5, 0.6) is 0 Å². The molecule has 1 atom stereocenters. The Morgan fingerprint density at radius 3 is 2.12 bits per heavy atom. The first kappa shape index (κ1) is 14.4. The third-order valence-electron chi connectivity index (χ3n) is 1.59. The molecule has 0 saturated carbocycles. The Hall–Kier alpha value is -1.63. The summed E-state index contributed by atoms with van der Waals surface area (Å²) in [6, 6.07) is 0. The van der Waals surface area contributed by atoms with Gasteiger partial charge in [-0.25, -0.2) is 4.79 Å². The van der Waals surface area contributed by atoms with Gasteiger partial charge in [0, 0.05) is 0 Å². The summed E-state index contributed by atoms with van der Waals surface area (Å²) in [4.78, 5) is 31.4. The largest absolute Gasteiger partial charge is 0.539 e. The van der Waals surface area contributed by atoms with Crippen molar-refractivity contribution in [2.45, 2.75) is 12.5 Å². The maximum atomic E-state index is 10.7. The second kappa shape index (κ2) is 5.45. The van der Waals surface area contributed by atoms with E-state index in [0.717, 1.165) is 0 Å². The SMILES string of the molecule is C[N+](C)(C)C[C@@H](CC(=O)O)OC(=O)C(=O)[O-]. The molecule has 0 saturated heterocycles. The van der Waals surface area contributed by atoms with Crippen LogP contribution in [0.2, 0.25) is 0 Å². The lowest BCUT2D eigenvalue weighted by Crippen LogP contribution is -2.45. The number of ether oxygens (including phenoxy) is 1. The topological polar surface area (TPSA) is 104 Å². The molecule has 1 N–H and O–H groups in total. The Bertz CT molecular complexity index is 293. The molecule has 0 aromatic heterocycles. The molecular formula is C9H15NO6. The summed E-state index contributed by atoms with van der Waals surface area (Å²) in [6.07, 6.45) is -1.42. The molecule has 16 heavy (non-hydrogen) atoms. The number of hydrogen-bond donors (Lipinski definition) is 1. The van der Waals surface area contributed by atoms with Gasteiger partial charge in [-0.1, -0.05) is 0 Å². The fourth-order valence-corrected chi connectivity index (χ4v) is 1.15. The standard InChI is InChI=1S/C9H15NO6/c1-10(2,3)5-6(4-7(11)12)16-9(15)8(13)14/h6H,4-5H2,1-3H3,(H-,11,12,13,14)/t6-/m1/s1. The van der Waals surface area contributed by atoms with Gasteiger partial charge in [0.05, 0.1) is 27.6 Å². The summed E-state index contributed by atoms with van der Waals surface area (Å²) in [6.45, 7) is 0.200. The highest BCUT2D eigenvalue weighted by Crippen LogP contribution is 2.05. The number of carbonyl (C=O) groups excluding carboxylic acids is 2. The third kappa shape index (κ3) is 6.77. The Morgan fingerprint density at radius 2 is 1.81 bits per heavy atom. The highest BCUT2D eigenvalue weighted by molar-refractivity contribution is 6.27. The molecule has 0 spiro atoms. The summed E-state index contributed by atoms with van der Waals surface area (Å²) in [5, 5.41) is 18.7. The van der Waals surface area contributed by atoms with Crippen molar-refractivity contribution >= 4 is 17.9 Å². The number of likely N-dealkylation sites (N-methyl/N-ethyl adjacent to an activating group) is 1. The fourth-order valence-electron chi connectivity index (χ4n) is 1.15. The normalized spacial score (nSPS) is 12.9. The number of quaternary nitrogens is 1. The maximum Gasteiger partial charge on any atom is 0.354 e. The first-order valence-corrected chi connectivity index (χ1v) is 4.56. The number of carboxylic acids is 2. The lowest BCUT2D eigenvalue weighted by molar-refractivity contribution is -0.873. The van der Waals surface area contributed by atoms with Gasteiger partial charge in [0.25, 0.3) is 0 Å². The van der Waals surface area contributed by atoms with E-state index in [1.807, 2.05) is 0 Å². The van der Waals surface area contributed by atoms with E-state index in [-0.39, 0.29) is 6.54 Å². The lowest BCUT2D eigenvalue weighted by Gasteiger charge is -2.28. The van der Waals surface area contributed by atoms with E-state index in [1.165, 1.54) is 0 Å². The van der Waals surface area contributed by atoms with Crippen molar-refractivity contribution in [2.24, 2.45) is 0 Å². The van der Waals surface area contributed by atoms with Crippen LogP contribution in [0, 0.1) is 0 Å². The smallest absolute Gasteiger partial charge is 0.354 e. The van der Waals surface area contributed by atoms with Crippen LogP contribution in [0.4, 0.5) is 0 Å². The number of esters is 1. The van der Waals surface area contributed by atoms with E-state index in [4.69, 9.17) is 5.11 Å². The van der Waals surface area contributed by atoms with Crippen LogP contribution in [0.3, 0.4) is 0 Å². The summed E-state index contributed by atoms with van der Waals surface area (Å²) in [5.41, 5.74) is 0. The average Bonchev–Trinajstić information content (AvgIpc) is 1.98. The molecule has 0 amide bonds. The molecule has 0 aliphatic carbocycles. The predicted octanol–water partition coefficient (Wildman–Crippen LogP) is -2.17. The van der Waals surface area contributed by atoms with Crippen molar-refractivity contribution in [3.63, 3.8) is 0 Å². The van der Waals surface area contributed by atoms with E-state index in [2.05, 4.69) is 4.74 Å². The molecule has 0 aromatic carbocycles. The molecule has 0 heterocycles. The number of rotatable bonds is 5. The summed E-state index contributed by atoms with van der Waals surface area (Å²) in [7, 11) is 5.30. The molecule has 0 unspecified atom stereocenters. The van der Waals surface area contributed by atoms with E-state index >= 15 is 0 Å².